The van der Waals surface area contributed by atoms with Crippen LogP contribution in [0.15, 0.2) is 29.3 Å². The van der Waals surface area contributed by atoms with Gasteiger partial charge in [-0.3, -0.25) is 4.79 Å². The van der Waals surface area contributed by atoms with Crippen molar-refractivity contribution >= 4 is 11.9 Å². The summed E-state index contributed by atoms with van der Waals surface area (Å²) in [5.74, 6) is -0.695. The SMILES string of the molecule is O=C(O)CCC1CN=C(c2ccc(F)cc2)O1. The van der Waals surface area contributed by atoms with Crippen LogP contribution < -0.4 is 0 Å². The Bertz CT molecular complexity index is 442. The van der Waals surface area contributed by atoms with Crippen LogP contribution in [-0.2, 0) is 9.53 Å². The Morgan fingerprint density at radius 2 is 2.18 bits per heavy atom. The molecule has 1 unspecified atom stereocenters. The van der Waals surface area contributed by atoms with E-state index < -0.39 is 5.97 Å². The third kappa shape index (κ3) is 3.03. The molecule has 1 aliphatic rings. The van der Waals surface area contributed by atoms with Crippen LogP contribution in [0.1, 0.15) is 18.4 Å². The molecule has 17 heavy (non-hydrogen) atoms. The summed E-state index contributed by atoms with van der Waals surface area (Å²) in [6.07, 6.45) is 0.312. The molecular weight excluding hydrogens is 225 g/mol. The number of aliphatic carboxylic acids is 1. The van der Waals surface area contributed by atoms with E-state index in [1.54, 1.807) is 12.1 Å². The molecule has 1 aromatic rings. The lowest BCUT2D eigenvalue weighted by Crippen LogP contribution is -2.15. The molecule has 1 aromatic carbocycles. The summed E-state index contributed by atoms with van der Waals surface area (Å²) in [5, 5.41) is 8.55. The minimum absolute atomic E-state index is 0.0664. The predicted molar refractivity (Wildman–Crippen MR) is 59.5 cm³/mol. The molecule has 2 rings (SSSR count). The summed E-state index contributed by atoms with van der Waals surface area (Å²) in [6.45, 7) is 0.458. The lowest BCUT2D eigenvalue weighted by Gasteiger charge is -2.09. The van der Waals surface area contributed by atoms with Crippen LogP contribution in [0.5, 0.6) is 0 Å². The Morgan fingerprint density at radius 1 is 1.47 bits per heavy atom. The van der Waals surface area contributed by atoms with Crippen LogP contribution >= 0.6 is 0 Å². The lowest BCUT2D eigenvalue weighted by atomic mass is 10.2. The molecule has 0 radical (unpaired) electrons. The highest BCUT2D eigenvalue weighted by Gasteiger charge is 2.21. The van der Waals surface area contributed by atoms with E-state index in [1.807, 2.05) is 0 Å². The zero-order valence-electron chi connectivity index (χ0n) is 9.10. The van der Waals surface area contributed by atoms with E-state index in [0.29, 0.717) is 24.4 Å². The topological polar surface area (TPSA) is 58.9 Å². The molecule has 5 heteroatoms. The van der Waals surface area contributed by atoms with E-state index in [2.05, 4.69) is 4.99 Å². The number of rotatable bonds is 4. The molecule has 0 saturated carbocycles. The van der Waals surface area contributed by atoms with Gasteiger partial charge in [-0.1, -0.05) is 0 Å². The molecule has 0 bridgehead atoms. The Morgan fingerprint density at radius 3 is 2.82 bits per heavy atom. The zero-order chi connectivity index (χ0) is 12.3. The van der Waals surface area contributed by atoms with Crippen LogP contribution in [0.3, 0.4) is 0 Å². The van der Waals surface area contributed by atoms with E-state index in [0.717, 1.165) is 0 Å². The number of carbonyl (C=O) groups is 1. The van der Waals surface area contributed by atoms with Gasteiger partial charge < -0.3 is 9.84 Å². The van der Waals surface area contributed by atoms with Crippen molar-refractivity contribution in [2.75, 3.05) is 6.54 Å². The molecule has 1 heterocycles. The summed E-state index contributed by atoms with van der Waals surface area (Å²) in [5.41, 5.74) is 0.712. The van der Waals surface area contributed by atoms with Gasteiger partial charge in [0.25, 0.3) is 0 Å². The summed E-state index contributed by atoms with van der Waals surface area (Å²) >= 11 is 0. The van der Waals surface area contributed by atoms with Gasteiger partial charge in [-0.25, -0.2) is 9.38 Å². The molecule has 90 valence electrons. The molecule has 0 saturated heterocycles. The van der Waals surface area contributed by atoms with Crippen LogP contribution in [0.2, 0.25) is 0 Å². The number of carboxylic acids is 1. The predicted octanol–water partition coefficient (Wildman–Crippen LogP) is 1.84. The maximum atomic E-state index is 12.7. The van der Waals surface area contributed by atoms with Crippen LogP contribution in [0.4, 0.5) is 4.39 Å². The van der Waals surface area contributed by atoms with Crippen molar-refractivity contribution in [3.05, 3.63) is 35.6 Å². The third-order valence-electron chi connectivity index (χ3n) is 2.49. The second kappa shape index (κ2) is 4.95. The highest BCUT2D eigenvalue weighted by atomic mass is 19.1. The van der Waals surface area contributed by atoms with E-state index in [1.165, 1.54) is 12.1 Å². The fourth-order valence-electron chi connectivity index (χ4n) is 1.60. The quantitative estimate of drug-likeness (QED) is 0.869. The summed E-state index contributed by atoms with van der Waals surface area (Å²) in [4.78, 5) is 14.6. The van der Waals surface area contributed by atoms with Crippen LogP contribution in [0, 0.1) is 5.82 Å². The van der Waals surface area contributed by atoms with Crippen molar-refractivity contribution in [3.8, 4) is 0 Å². The molecule has 1 aliphatic heterocycles. The van der Waals surface area contributed by atoms with Crippen molar-refractivity contribution in [2.24, 2.45) is 4.99 Å². The Hall–Kier alpha value is -1.91. The molecule has 0 spiro atoms. The summed E-state index contributed by atoms with van der Waals surface area (Å²) in [7, 11) is 0. The number of ether oxygens (including phenoxy) is 1. The Kier molecular flexibility index (Phi) is 3.37. The van der Waals surface area contributed by atoms with Crippen LogP contribution in [0.25, 0.3) is 0 Å². The van der Waals surface area contributed by atoms with Crippen molar-refractivity contribution < 1.29 is 19.0 Å². The van der Waals surface area contributed by atoms with Gasteiger partial charge in [-0.15, -0.1) is 0 Å². The highest BCUT2D eigenvalue weighted by Crippen LogP contribution is 2.16. The van der Waals surface area contributed by atoms with Gasteiger partial charge in [-0.2, -0.15) is 0 Å². The normalized spacial score (nSPS) is 18.6. The Labute approximate surface area is 97.7 Å². The van der Waals surface area contributed by atoms with Gasteiger partial charge in [-0.05, 0) is 30.7 Å². The van der Waals surface area contributed by atoms with E-state index in [4.69, 9.17) is 9.84 Å². The van der Waals surface area contributed by atoms with E-state index in [9.17, 15) is 9.18 Å². The molecule has 4 nitrogen and oxygen atoms in total. The lowest BCUT2D eigenvalue weighted by molar-refractivity contribution is -0.137. The average Bonchev–Trinajstić information content (AvgIpc) is 2.76. The van der Waals surface area contributed by atoms with E-state index in [-0.39, 0.29) is 18.3 Å². The van der Waals surface area contributed by atoms with Gasteiger partial charge in [0.15, 0.2) is 0 Å². The monoisotopic (exact) mass is 237 g/mol. The second-order valence-electron chi connectivity index (χ2n) is 3.83. The number of hydrogen-bond donors (Lipinski definition) is 1. The standard InChI is InChI=1S/C12H12FNO3/c13-9-3-1-8(2-4-9)12-14-7-10(17-12)5-6-11(15)16/h1-4,10H,5-7H2,(H,15,16). The number of nitrogens with zero attached hydrogens (tertiary/aromatic N) is 1. The molecule has 0 fully saturated rings. The van der Waals surface area contributed by atoms with E-state index >= 15 is 0 Å². The van der Waals surface area contributed by atoms with Gasteiger partial charge in [0, 0.05) is 12.0 Å². The van der Waals surface area contributed by atoms with Crippen molar-refractivity contribution in [1.82, 2.24) is 0 Å². The first kappa shape index (κ1) is 11.6. The number of benzene rings is 1. The molecule has 0 aliphatic carbocycles. The minimum atomic E-state index is -0.844. The molecule has 0 amide bonds. The van der Waals surface area contributed by atoms with Gasteiger partial charge in [0.2, 0.25) is 5.90 Å². The maximum absolute atomic E-state index is 12.7. The zero-order valence-corrected chi connectivity index (χ0v) is 9.10. The fraction of sp³-hybridized carbons (Fsp3) is 0.333. The first-order valence-corrected chi connectivity index (χ1v) is 5.34. The Balaban J connectivity index is 1.93. The number of carboxylic acid groups (broad SMARTS) is 1. The van der Waals surface area contributed by atoms with Crippen molar-refractivity contribution in [1.29, 1.82) is 0 Å². The summed E-state index contributed by atoms with van der Waals surface area (Å²) in [6, 6.07) is 5.86. The van der Waals surface area contributed by atoms with Crippen molar-refractivity contribution in [3.63, 3.8) is 0 Å². The smallest absolute Gasteiger partial charge is 0.303 e. The molecule has 0 aromatic heterocycles. The summed E-state index contributed by atoms with van der Waals surface area (Å²) < 4.78 is 18.2. The second-order valence-corrected chi connectivity index (χ2v) is 3.83. The van der Waals surface area contributed by atoms with Gasteiger partial charge in [0.05, 0.1) is 6.54 Å². The number of hydrogen-bond acceptors (Lipinski definition) is 3. The first-order valence-electron chi connectivity index (χ1n) is 5.34. The first-order chi connectivity index (χ1) is 8.15. The number of aliphatic imine (C=N–C) groups is 1. The van der Waals surface area contributed by atoms with Crippen LogP contribution in [-0.4, -0.2) is 29.6 Å². The largest absolute Gasteiger partial charge is 0.481 e. The molecule has 1 atom stereocenters. The maximum Gasteiger partial charge on any atom is 0.303 e. The number of halogens is 1. The minimum Gasteiger partial charge on any atom is -0.481 e. The van der Waals surface area contributed by atoms with Gasteiger partial charge in [0.1, 0.15) is 11.9 Å². The van der Waals surface area contributed by atoms with Gasteiger partial charge >= 0.3 is 5.97 Å². The molecular formula is C12H12FNO3. The fourth-order valence-corrected chi connectivity index (χ4v) is 1.60. The van der Waals surface area contributed by atoms with Crippen molar-refractivity contribution in [2.45, 2.75) is 18.9 Å². The third-order valence-corrected chi connectivity index (χ3v) is 2.49. The average molecular weight is 237 g/mol. The molecule has 1 N–H and O–H groups in total. The highest BCUT2D eigenvalue weighted by molar-refractivity contribution is 5.95.